The SMILES string of the molecule is CCC(=O)[C@H](CNC(C)=O)NCC(=O)OCc1ccccc1. The first-order valence-corrected chi connectivity index (χ1v) is 7.23. The van der Waals surface area contributed by atoms with Crippen LogP contribution >= 0.6 is 0 Å². The molecule has 1 atom stereocenters. The topological polar surface area (TPSA) is 84.5 Å². The van der Waals surface area contributed by atoms with Gasteiger partial charge in [-0.3, -0.25) is 19.7 Å². The molecule has 1 aromatic rings. The van der Waals surface area contributed by atoms with Crippen LogP contribution in [0, 0.1) is 0 Å². The Bertz CT molecular complexity index is 502. The minimum Gasteiger partial charge on any atom is -0.460 e. The van der Waals surface area contributed by atoms with Crippen molar-refractivity contribution in [2.75, 3.05) is 13.1 Å². The number of hydrogen-bond acceptors (Lipinski definition) is 5. The molecule has 0 spiro atoms. The standard InChI is InChI=1S/C16H22N2O4/c1-3-15(20)14(9-17-12(2)19)18-10-16(21)22-11-13-7-5-4-6-8-13/h4-8,14,18H,3,9-11H2,1-2H3,(H,17,19)/t14-/m0/s1. The molecule has 2 N–H and O–H groups in total. The lowest BCUT2D eigenvalue weighted by Gasteiger charge is -2.16. The van der Waals surface area contributed by atoms with Crippen LogP contribution in [0.3, 0.4) is 0 Å². The number of ketones is 1. The monoisotopic (exact) mass is 306 g/mol. The minimum absolute atomic E-state index is 0.0652. The van der Waals surface area contributed by atoms with Crippen molar-refractivity contribution in [2.45, 2.75) is 32.9 Å². The Labute approximate surface area is 130 Å². The molecule has 120 valence electrons. The highest BCUT2D eigenvalue weighted by atomic mass is 16.5. The van der Waals surface area contributed by atoms with Gasteiger partial charge in [0, 0.05) is 19.9 Å². The van der Waals surface area contributed by atoms with E-state index < -0.39 is 12.0 Å². The fraction of sp³-hybridized carbons (Fsp3) is 0.438. The first-order valence-electron chi connectivity index (χ1n) is 7.23. The number of nitrogens with one attached hydrogen (secondary N) is 2. The maximum atomic E-state index is 11.8. The zero-order chi connectivity index (χ0) is 16.4. The van der Waals surface area contributed by atoms with E-state index in [-0.39, 0.29) is 31.4 Å². The molecule has 1 rings (SSSR count). The molecule has 1 amide bonds. The highest BCUT2D eigenvalue weighted by Gasteiger charge is 2.18. The molecule has 0 fully saturated rings. The second-order valence-corrected chi connectivity index (χ2v) is 4.84. The van der Waals surface area contributed by atoms with Crippen LogP contribution in [0.15, 0.2) is 30.3 Å². The van der Waals surface area contributed by atoms with Crippen LogP contribution in [0.25, 0.3) is 0 Å². The van der Waals surface area contributed by atoms with Crippen molar-refractivity contribution in [3.05, 3.63) is 35.9 Å². The molecule has 0 radical (unpaired) electrons. The zero-order valence-corrected chi connectivity index (χ0v) is 12.9. The molecule has 0 heterocycles. The number of benzene rings is 1. The number of ether oxygens (including phenoxy) is 1. The zero-order valence-electron chi connectivity index (χ0n) is 12.9. The van der Waals surface area contributed by atoms with E-state index in [0.29, 0.717) is 6.42 Å². The van der Waals surface area contributed by atoms with Gasteiger partial charge in [0.2, 0.25) is 5.91 Å². The Morgan fingerprint density at radius 1 is 1.18 bits per heavy atom. The molecule has 1 aromatic carbocycles. The number of rotatable bonds is 9. The lowest BCUT2D eigenvalue weighted by molar-refractivity contribution is -0.144. The molecule has 0 aliphatic heterocycles. The van der Waals surface area contributed by atoms with E-state index in [2.05, 4.69) is 10.6 Å². The first kappa shape index (κ1) is 17.8. The van der Waals surface area contributed by atoms with Gasteiger partial charge in [-0.25, -0.2) is 0 Å². The summed E-state index contributed by atoms with van der Waals surface area (Å²) in [5.74, 6) is -0.729. The third-order valence-corrected chi connectivity index (χ3v) is 3.03. The van der Waals surface area contributed by atoms with Crippen LogP contribution < -0.4 is 10.6 Å². The summed E-state index contributed by atoms with van der Waals surface area (Å²) in [5.41, 5.74) is 0.898. The normalized spacial score (nSPS) is 11.5. The van der Waals surface area contributed by atoms with Crippen LogP contribution in [-0.4, -0.2) is 36.8 Å². The van der Waals surface area contributed by atoms with Gasteiger partial charge < -0.3 is 10.1 Å². The summed E-state index contributed by atoms with van der Waals surface area (Å²) in [5, 5.41) is 5.39. The molecule has 0 unspecified atom stereocenters. The molecule has 6 nitrogen and oxygen atoms in total. The molecule has 6 heteroatoms. The predicted octanol–water partition coefficient (Wildman–Crippen LogP) is 0.803. The van der Waals surface area contributed by atoms with Crippen molar-refractivity contribution in [1.29, 1.82) is 0 Å². The van der Waals surface area contributed by atoms with Crippen LogP contribution in [0.2, 0.25) is 0 Å². The molecule has 22 heavy (non-hydrogen) atoms. The van der Waals surface area contributed by atoms with E-state index in [9.17, 15) is 14.4 Å². The highest BCUT2D eigenvalue weighted by molar-refractivity contribution is 5.85. The third kappa shape index (κ3) is 6.99. The summed E-state index contributed by atoms with van der Waals surface area (Å²) in [4.78, 5) is 34.4. The molecule has 0 aromatic heterocycles. The largest absolute Gasteiger partial charge is 0.460 e. The first-order chi connectivity index (χ1) is 10.5. The van der Waals surface area contributed by atoms with Gasteiger partial charge in [0.25, 0.3) is 0 Å². The lowest BCUT2D eigenvalue weighted by atomic mass is 10.1. The van der Waals surface area contributed by atoms with E-state index in [4.69, 9.17) is 4.74 Å². The smallest absolute Gasteiger partial charge is 0.320 e. The van der Waals surface area contributed by atoms with E-state index in [1.807, 2.05) is 30.3 Å². The molecule has 0 bridgehead atoms. The number of Topliss-reactive ketones (excluding diaryl/α,β-unsaturated/α-hetero) is 1. The number of carbonyl (C=O) groups is 3. The quantitative estimate of drug-likeness (QED) is 0.659. The Morgan fingerprint density at radius 2 is 1.86 bits per heavy atom. The molecule has 0 saturated heterocycles. The van der Waals surface area contributed by atoms with Gasteiger partial charge in [-0.15, -0.1) is 0 Å². The molecule has 0 saturated carbocycles. The van der Waals surface area contributed by atoms with Gasteiger partial charge in [-0.05, 0) is 5.56 Å². The van der Waals surface area contributed by atoms with E-state index in [0.717, 1.165) is 5.56 Å². The Hall–Kier alpha value is -2.21. The number of carbonyl (C=O) groups excluding carboxylic acids is 3. The molecular formula is C16H22N2O4. The lowest BCUT2D eigenvalue weighted by Crippen LogP contribution is -2.47. The van der Waals surface area contributed by atoms with Crippen LogP contribution in [-0.2, 0) is 25.7 Å². The van der Waals surface area contributed by atoms with Crippen molar-refractivity contribution in [3.8, 4) is 0 Å². The van der Waals surface area contributed by atoms with Crippen molar-refractivity contribution >= 4 is 17.7 Å². The van der Waals surface area contributed by atoms with Gasteiger partial charge in [0.1, 0.15) is 6.61 Å². The summed E-state index contributed by atoms with van der Waals surface area (Å²) >= 11 is 0. The van der Waals surface area contributed by atoms with Crippen molar-refractivity contribution in [3.63, 3.8) is 0 Å². The second kappa shape index (κ2) is 9.68. The summed E-state index contributed by atoms with van der Waals surface area (Å²) in [7, 11) is 0. The second-order valence-electron chi connectivity index (χ2n) is 4.84. The number of hydrogen-bond donors (Lipinski definition) is 2. The van der Waals surface area contributed by atoms with Gasteiger partial charge >= 0.3 is 5.97 Å². The fourth-order valence-corrected chi connectivity index (χ4v) is 1.79. The summed E-state index contributed by atoms with van der Waals surface area (Å²) < 4.78 is 5.12. The average molecular weight is 306 g/mol. The van der Waals surface area contributed by atoms with E-state index in [1.165, 1.54) is 6.92 Å². The number of esters is 1. The molecular weight excluding hydrogens is 284 g/mol. The third-order valence-electron chi connectivity index (χ3n) is 3.03. The maximum absolute atomic E-state index is 11.8. The predicted molar refractivity (Wildman–Crippen MR) is 82.0 cm³/mol. The Morgan fingerprint density at radius 3 is 2.45 bits per heavy atom. The highest BCUT2D eigenvalue weighted by Crippen LogP contribution is 2.00. The van der Waals surface area contributed by atoms with E-state index in [1.54, 1.807) is 6.92 Å². The van der Waals surface area contributed by atoms with Gasteiger partial charge in [0.15, 0.2) is 5.78 Å². The van der Waals surface area contributed by atoms with Crippen LogP contribution in [0.5, 0.6) is 0 Å². The molecule has 0 aliphatic rings. The van der Waals surface area contributed by atoms with Crippen LogP contribution in [0.1, 0.15) is 25.8 Å². The van der Waals surface area contributed by atoms with Gasteiger partial charge in [0.05, 0.1) is 12.6 Å². The Balaban J connectivity index is 2.37. The summed E-state index contributed by atoms with van der Waals surface area (Å²) in [6.07, 6.45) is 0.330. The number of amides is 1. The van der Waals surface area contributed by atoms with Crippen molar-refractivity contribution in [2.24, 2.45) is 0 Å². The Kier molecular flexibility index (Phi) is 7.85. The van der Waals surface area contributed by atoms with Crippen molar-refractivity contribution < 1.29 is 19.1 Å². The van der Waals surface area contributed by atoms with Crippen LogP contribution in [0.4, 0.5) is 0 Å². The van der Waals surface area contributed by atoms with Gasteiger partial charge in [-0.2, -0.15) is 0 Å². The van der Waals surface area contributed by atoms with E-state index >= 15 is 0 Å². The summed E-state index contributed by atoms with van der Waals surface area (Å²) in [6, 6.07) is 8.76. The summed E-state index contributed by atoms with van der Waals surface area (Å²) in [6.45, 7) is 3.39. The minimum atomic E-state index is -0.585. The average Bonchev–Trinajstić information content (AvgIpc) is 2.53. The maximum Gasteiger partial charge on any atom is 0.320 e. The fourth-order valence-electron chi connectivity index (χ4n) is 1.79. The molecule has 0 aliphatic carbocycles. The van der Waals surface area contributed by atoms with Crippen molar-refractivity contribution in [1.82, 2.24) is 10.6 Å². The van der Waals surface area contributed by atoms with Gasteiger partial charge in [-0.1, -0.05) is 37.3 Å².